The summed E-state index contributed by atoms with van der Waals surface area (Å²) in [6.45, 7) is 3.46. The Kier molecular flexibility index (Phi) is 6.72. The minimum Gasteiger partial charge on any atom is -0.422 e. The molecule has 1 aromatic heterocycles. The lowest BCUT2D eigenvalue weighted by atomic mass is 9.90. The first-order chi connectivity index (χ1) is 13.4. The van der Waals surface area contributed by atoms with E-state index in [-0.39, 0.29) is 18.3 Å². The van der Waals surface area contributed by atoms with Gasteiger partial charge in [0.1, 0.15) is 23.9 Å². The molecule has 0 amide bonds. The second kappa shape index (κ2) is 9.05. The highest BCUT2D eigenvalue weighted by Crippen LogP contribution is 2.28. The van der Waals surface area contributed by atoms with Crippen LogP contribution in [0, 0.1) is 6.92 Å². The molecule has 4 N–H and O–H groups in total. The minimum atomic E-state index is -1.19. The Morgan fingerprint density at radius 2 is 1.89 bits per heavy atom. The summed E-state index contributed by atoms with van der Waals surface area (Å²) in [6, 6.07) is 6.60. The molecule has 2 aromatic rings. The molecule has 1 aliphatic heterocycles. The topological polar surface area (TPSA) is 112 Å². The zero-order valence-electron chi connectivity index (χ0n) is 16.3. The van der Waals surface area contributed by atoms with Crippen LogP contribution in [0.15, 0.2) is 33.5 Å². The van der Waals surface area contributed by atoms with E-state index in [0.717, 1.165) is 24.6 Å². The summed E-state index contributed by atoms with van der Waals surface area (Å²) >= 11 is 0. The van der Waals surface area contributed by atoms with Crippen LogP contribution in [-0.2, 0) is 4.74 Å². The van der Waals surface area contributed by atoms with Crippen LogP contribution in [0.1, 0.15) is 38.2 Å². The number of rotatable bonds is 7. The normalized spacial score (nSPS) is 27.8. The molecule has 1 aromatic carbocycles. The number of anilines is 1. The van der Waals surface area contributed by atoms with Gasteiger partial charge in [0.15, 0.2) is 0 Å². The number of unbranched alkanes of at least 4 members (excludes halogenated alkanes) is 2. The van der Waals surface area contributed by atoms with Crippen LogP contribution in [0.25, 0.3) is 11.0 Å². The van der Waals surface area contributed by atoms with Gasteiger partial charge >= 0.3 is 5.63 Å². The van der Waals surface area contributed by atoms with Crippen molar-refractivity contribution in [2.75, 3.05) is 11.9 Å². The van der Waals surface area contributed by atoms with Gasteiger partial charge in [-0.2, -0.15) is 0 Å². The first-order valence-electron chi connectivity index (χ1n) is 9.88. The zero-order chi connectivity index (χ0) is 20.3. The summed E-state index contributed by atoms with van der Waals surface area (Å²) in [7, 11) is 0. The zero-order valence-corrected chi connectivity index (χ0v) is 16.3. The van der Waals surface area contributed by atoms with Crippen molar-refractivity contribution in [3.63, 3.8) is 0 Å². The second-order valence-electron chi connectivity index (χ2n) is 7.51. The van der Waals surface area contributed by atoms with Crippen LogP contribution in [-0.4, -0.2) is 52.4 Å². The molecule has 154 valence electrons. The molecule has 7 heteroatoms. The third kappa shape index (κ3) is 4.38. The molecule has 3 unspecified atom stereocenters. The smallest absolute Gasteiger partial charge is 0.339 e. The van der Waals surface area contributed by atoms with Crippen molar-refractivity contribution < 1.29 is 24.5 Å². The van der Waals surface area contributed by atoms with E-state index in [0.29, 0.717) is 23.3 Å². The molecule has 28 heavy (non-hydrogen) atoms. The molecular weight excluding hydrogens is 362 g/mol. The first-order valence-corrected chi connectivity index (χ1v) is 9.88. The molecule has 1 fully saturated rings. The summed E-state index contributed by atoms with van der Waals surface area (Å²) in [6.07, 6.45) is 0.266. The Hall–Kier alpha value is -1.93. The SMILES string of the molecule is CCCCC[C@@H]1OC(CO)[C@@H](O)C(O)C1Nc1ccc2cc(C)c(=O)oc2c1. The van der Waals surface area contributed by atoms with Crippen LogP contribution < -0.4 is 10.9 Å². The monoisotopic (exact) mass is 391 g/mol. The number of ether oxygens (including phenoxy) is 1. The van der Waals surface area contributed by atoms with Gasteiger partial charge in [-0.15, -0.1) is 0 Å². The lowest BCUT2D eigenvalue weighted by molar-refractivity contribution is -0.186. The predicted molar refractivity (Wildman–Crippen MR) is 107 cm³/mol. The van der Waals surface area contributed by atoms with E-state index < -0.39 is 24.4 Å². The highest BCUT2D eigenvalue weighted by molar-refractivity contribution is 5.80. The van der Waals surface area contributed by atoms with E-state index in [4.69, 9.17) is 9.15 Å². The van der Waals surface area contributed by atoms with Crippen molar-refractivity contribution in [1.29, 1.82) is 0 Å². The molecule has 5 atom stereocenters. The van der Waals surface area contributed by atoms with Crippen molar-refractivity contribution >= 4 is 16.7 Å². The van der Waals surface area contributed by atoms with E-state index in [9.17, 15) is 20.1 Å². The van der Waals surface area contributed by atoms with Crippen molar-refractivity contribution in [2.45, 2.75) is 70.0 Å². The van der Waals surface area contributed by atoms with Crippen LogP contribution in [0.4, 0.5) is 5.69 Å². The fraction of sp³-hybridized carbons (Fsp3) is 0.571. The van der Waals surface area contributed by atoms with Gasteiger partial charge in [-0.25, -0.2) is 4.79 Å². The van der Waals surface area contributed by atoms with E-state index in [2.05, 4.69) is 12.2 Å². The van der Waals surface area contributed by atoms with Crippen molar-refractivity contribution in [1.82, 2.24) is 0 Å². The molecule has 0 saturated carbocycles. The predicted octanol–water partition coefficient (Wildman–Crippen LogP) is 1.94. The fourth-order valence-corrected chi connectivity index (χ4v) is 3.71. The van der Waals surface area contributed by atoms with Gasteiger partial charge in [0.25, 0.3) is 0 Å². The molecule has 0 aliphatic carbocycles. The molecule has 0 radical (unpaired) electrons. The Bertz CT molecular complexity index is 850. The maximum Gasteiger partial charge on any atom is 0.339 e. The molecule has 0 spiro atoms. The quantitative estimate of drug-likeness (QED) is 0.421. The van der Waals surface area contributed by atoms with Crippen LogP contribution in [0.5, 0.6) is 0 Å². The van der Waals surface area contributed by atoms with Gasteiger partial charge in [-0.05, 0) is 31.5 Å². The standard InChI is InChI=1S/C21H29NO6/c1-3-4-5-6-15-18(20(25)19(24)17(11-23)27-15)22-14-8-7-13-9-12(2)21(26)28-16(13)10-14/h7-10,15,17-20,22-25H,3-6,11H2,1-2H3/t15-,17?,18?,19+,20?/m0/s1. The molecular formula is C21H29NO6. The summed E-state index contributed by atoms with van der Waals surface area (Å²) in [5, 5.41) is 34.4. The Labute approximate surface area is 163 Å². The first kappa shape index (κ1) is 20.8. The number of benzene rings is 1. The number of nitrogens with one attached hydrogen (secondary N) is 1. The van der Waals surface area contributed by atoms with Crippen molar-refractivity contribution in [3.8, 4) is 0 Å². The fourth-order valence-electron chi connectivity index (χ4n) is 3.71. The van der Waals surface area contributed by atoms with Gasteiger partial charge in [-0.3, -0.25) is 0 Å². The Morgan fingerprint density at radius 1 is 1.11 bits per heavy atom. The number of fused-ring (bicyclic) bond motifs is 1. The highest BCUT2D eigenvalue weighted by atomic mass is 16.5. The molecule has 7 nitrogen and oxygen atoms in total. The van der Waals surface area contributed by atoms with Gasteiger partial charge in [-0.1, -0.05) is 26.2 Å². The Morgan fingerprint density at radius 3 is 2.61 bits per heavy atom. The van der Waals surface area contributed by atoms with Crippen LogP contribution in [0.2, 0.25) is 0 Å². The number of hydrogen-bond donors (Lipinski definition) is 4. The van der Waals surface area contributed by atoms with Crippen molar-refractivity contribution in [3.05, 3.63) is 40.2 Å². The molecule has 2 heterocycles. The third-order valence-electron chi connectivity index (χ3n) is 5.36. The molecule has 1 saturated heterocycles. The molecule has 3 rings (SSSR count). The van der Waals surface area contributed by atoms with Gasteiger partial charge < -0.3 is 29.8 Å². The maximum absolute atomic E-state index is 11.8. The average molecular weight is 391 g/mol. The van der Waals surface area contributed by atoms with Crippen molar-refractivity contribution in [2.24, 2.45) is 0 Å². The van der Waals surface area contributed by atoms with Gasteiger partial charge in [0.05, 0.1) is 18.8 Å². The molecule has 0 bridgehead atoms. The summed E-state index contributed by atoms with van der Waals surface area (Å²) < 4.78 is 11.2. The van der Waals surface area contributed by atoms with E-state index in [1.165, 1.54) is 0 Å². The maximum atomic E-state index is 11.8. The molecule has 1 aliphatic rings. The van der Waals surface area contributed by atoms with E-state index in [1.54, 1.807) is 19.1 Å². The van der Waals surface area contributed by atoms with E-state index in [1.807, 2.05) is 12.1 Å². The lowest BCUT2D eigenvalue weighted by Crippen LogP contribution is -2.61. The van der Waals surface area contributed by atoms with Gasteiger partial charge in [0.2, 0.25) is 0 Å². The average Bonchev–Trinajstić information content (AvgIpc) is 2.68. The largest absolute Gasteiger partial charge is 0.422 e. The van der Waals surface area contributed by atoms with Gasteiger partial charge in [0, 0.05) is 22.7 Å². The lowest BCUT2D eigenvalue weighted by Gasteiger charge is -2.43. The van der Waals surface area contributed by atoms with Crippen LogP contribution >= 0.6 is 0 Å². The summed E-state index contributed by atoms with van der Waals surface area (Å²) in [4.78, 5) is 11.8. The minimum absolute atomic E-state index is 0.351. The number of aryl methyl sites for hydroxylation is 1. The van der Waals surface area contributed by atoms with E-state index >= 15 is 0 Å². The Balaban J connectivity index is 1.84. The second-order valence-corrected chi connectivity index (χ2v) is 7.51. The number of aliphatic hydroxyl groups is 3. The van der Waals surface area contributed by atoms with Crippen LogP contribution in [0.3, 0.4) is 0 Å². The summed E-state index contributed by atoms with van der Waals surface area (Å²) in [5.41, 5.74) is 1.26. The third-order valence-corrected chi connectivity index (χ3v) is 5.36. The summed E-state index contributed by atoms with van der Waals surface area (Å²) in [5.74, 6) is 0. The number of hydrogen-bond acceptors (Lipinski definition) is 7. The number of aliphatic hydroxyl groups excluding tert-OH is 3. The highest BCUT2D eigenvalue weighted by Gasteiger charge is 2.43.